The number of hydrogen-bond donors (Lipinski definition) is 0. The van der Waals surface area contributed by atoms with Crippen LogP contribution < -0.4 is 29.6 Å². The summed E-state index contributed by atoms with van der Waals surface area (Å²) in [7, 11) is 0. The maximum Gasteiger partial charge on any atom is 1.00 e. The Morgan fingerprint density at radius 2 is 2.05 bits per heavy atom. The Bertz CT molecular complexity index is 729. The molecule has 0 N–H and O–H groups in total. The molecular weight excluding hydrogens is 363 g/mol. The number of carbonyl (C=O) groups is 2. The maximum atomic E-state index is 11.2. The summed E-state index contributed by atoms with van der Waals surface area (Å²) in [5, 5.41) is 8.00. The van der Waals surface area contributed by atoms with Crippen LogP contribution in [0.25, 0.3) is 16.6 Å². The van der Waals surface area contributed by atoms with Crippen molar-refractivity contribution >= 4 is 34.1 Å². The molecule has 1 fully saturated rings. The Hall–Kier alpha value is -1.48. The molecule has 0 bridgehead atoms. The zero-order valence-corrected chi connectivity index (χ0v) is 15.1. The van der Waals surface area contributed by atoms with Gasteiger partial charge in [0.2, 0.25) is 5.89 Å². The molecular formula is C13H8BrN4NaO3. The topological polar surface area (TPSA) is 89.9 Å². The number of urea groups is 1. The van der Waals surface area contributed by atoms with E-state index in [1.54, 1.807) is 6.20 Å². The van der Waals surface area contributed by atoms with E-state index in [2.05, 4.69) is 31.3 Å². The van der Waals surface area contributed by atoms with Gasteiger partial charge in [0, 0.05) is 16.6 Å². The van der Waals surface area contributed by atoms with E-state index in [4.69, 9.17) is 4.42 Å². The minimum absolute atomic E-state index is 0. The molecule has 0 saturated carbocycles. The van der Waals surface area contributed by atoms with Crippen LogP contribution in [0.1, 0.15) is 5.89 Å². The number of aromatic nitrogens is 1. The summed E-state index contributed by atoms with van der Waals surface area (Å²) in [5.41, 5.74) is 0.868. The number of nitrogens with zero attached hydrogens (tertiary/aromatic N) is 4. The Labute approximate surface area is 156 Å². The third-order valence-electron chi connectivity index (χ3n) is 2.69. The monoisotopic (exact) mass is 370 g/mol. The molecule has 22 heavy (non-hydrogen) atoms. The molecule has 0 spiro atoms. The van der Waals surface area contributed by atoms with E-state index in [1.807, 2.05) is 24.3 Å². The van der Waals surface area contributed by atoms with Crippen LogP contribution in [-0.2, 0) is 4.79 Å². The van der Waals surface area contributed by atoms with E-state index < -0.39 is 11.9 Å². The number of amides is 3. The Morgan fingerprint density at radius 3 is 2.68 bits per heavy atom. The molecule has 1 aromatic heterocycles. The molecule has 0 radical (unpaired) electrons. The van der Waals surface area contributed by atoms with E-state index in [1.165, 1.54) is 6.21 Å². The van der Waals surface area contributed by atoms with Crippen LogP contribution in [0.5, 0.6) is 0 Å². The van der Waals surface area contributed by atoms with Crippen LogP contribution >= 0.6 is 15.9 Å². The van der Waals surface area contributed by atoms with Crippen molar-refractivity contribution in [2.24, 2.45) is 5.10 Å². The zero-order chi connectivity index (χ0) is 14.8. The molecule has 1 aliphatic heterocycles. The van der Waals surface area contributed by atoms with Crippen LogP contribution in [0.15, 0.2) is 44.5 Å². The van der Waals surface area contributed by atoms with Crippen molar-refractivity contribution in [1.29, 1.82) is 0 Å². The second-order valence-electron chi connectivity index (χ2n) is 4.16. The van der Waals surface area contributed by atoms with E-state index in [9.17, 15) is 9.59 Å². The standard InChI is InChI=1S/C13H9BrN4O3.Na/c14-9-3-1-8(2-4-9)10-5-15-12(21-10)6-16-18-7-11(19)17-13(18)20;/h1-6H,7H2,(H,17,19,20);/q;+1/p-1. The molecule has 1 aromatic carbocycles. The summed E-state index contributed by atoms with van der Waals surface area (Å²) >= 11 is 3.35. The maximum absolute atomic E-state index is 11.2. The molecule has 106 valence electrons. The van der Waals surface area contributed by atoms with Gasteiger partial charge in [0.05, 0.1) is 12.4 Å². The molecule has 9 heteroatoms. The SMILES string of the molecule is O=C1CN(N=Cc2ncc(-c3ccc(Br)cc3)o2)C(=O)[N-]1.[Na+]. The van der Waals surface area contributed by atoms with Crippen LogP contribution in [0.3, 0.4) is 0 Å². The number of carbonyl (C=O) groups excluding carboxylic acids is 2. The minimum atomic E-state index is -0.684. The van der Waals surface area contributed by atoms with Crippen molar-refractivity contribution in [2.75, 3.05) is 6.54 Å². The fourth-order valence-corrected chi connectivity index (χ4v) is 1.96. The first-order valence-electron chi connectivity index (χ1n) is 5.93. The van der Waals surface area contributed by atoms with Gasteiger partial charge in [0.1, 0.15) is 0 Å². The Kier molecular flexibility index (Phi) is 5.52. The Morgan fingerprint density at radius 1 is 1.32 bits per heavy atom. The third-order valence-corrected chi connectivity index (χ3v) is 3.21. The van der Waals surface area contributed by atoms with Crippen LogP contribution in [0.4, 0.5) is 4.79 Å². The largest absolute Gasteiger partial charge is 1.00 e. The second-order valence-corrected chi connectivity index (χ2v) is 5.08. The summed E-state index contributed by atoms with van der Waals surface area (Å²) in [4.78, 5) is 26.2. The molecule has 0 unspecified atom stereocenters. The molecule has 1 saturated heterocycles. The van der Waals surface area contributed by atoms with Gasteiger partial charge in [0.25, 0.3) is 0 Å². The van der Waals surface area contributed by atoms with Gasteiger partial charge in [-0.3, -0.25) is 14.7 Å². The first-order valence-corrected chi connectivity index (χ1v) is 6.73. The molecule has 2 heterocycles. The van der Waals surface area contributed by atoms with Gasteiger partial charge in [-0.1, -0.05) is 28.1 Å². The number of imide groups is 1. The fourth-order valence-electron chi connectivity index (χ4n) is 1.70. The normalized spacial score (nSPS) is 14.3. The number of hydrogen-bond acceptors (Lipinski definition) is 5. The van der Waals surface area contributed by atoms with Crippen LogP contribution in [0, 0.1) is 0 Å². The predicted molar refractivity (Wildman–Crippen MR) is 77.7 cm³/mol. The van der Waals surface area contributed by atoms with Crippen molar-refractivity contribution in [2.45, 2.75) is 0 Å². The summed E-state index contributed by atoms with van der Waals surface area (Å²) < 4.78 is 6.47. The number of halogens is 1. The number of oxazole rings is 1. The van der Waals surface area contributed by atoms with Crippen molar-refractivity contribution in [3.05, 3.63) is 46.1 Å². The quantitative estimate of drug-likeness (QED) is 0.424. The van der Waals surface area contributed by atoms with E-state index in [-0.39, 0.29) is 42.0 Å². The zero-order valence-electron chi connectivity index (χ0n) is 11.6. The van der Waals surface area contributed by atoms with Gasteiger partial charge in [0.15, 0.2) is 17.7 Å². The first-order chi connectivity index (χ1) is 10.1. The molecule has 1 aliphatic rings. The summed E-state index contributed by atoms with van der Waals surface area (Å²) in [6.07, 6.45) is 2.83. The average Bonchev–Trinajstić information content (AvgIpc) is 3.04. The Balaban J connectivity index is 0.00000176. The predicted octanol–water partition coefficient (Wildman–Crippen LogP) is -0.222. The molecule has 2 aromatic rings. The number of hydrazone groups is 1. The molecule has 3 rings (SSSR count). The average molecular weight is 371 g/mol. The third kappa shape index (κ3) is 3.83. The van der Waals surface area contributed by atoms with E-state index >= 15 is 0 Å². The van der Waals surface area contributed by atoms with Crippen LogP contribution in [0.2, 0.25) is 0 Å². The van der Waals surface area contributed by atoms with Crippen molar-refractivity contribution in [3.63, 3.8) is 0 Å². The summed E-state index contributed by atoms with van der Waals surface area (Å²) in [6.45, 7) is -0.157. The smallest absolute Gasteiger partial charge is 0.435 e. The number of rotatable bonds is 3. The molecule has 3 amide bonds. The molecule has 0 atom stereocenters. The van der Waals surface area contributed by atoms with E-state index in [0.29, 0.717) is 5.76 Å². The van der Waals surface area contributed by atoms with Gasteiger partial charge in [-0.2, -0.15) is 0 Å². The van der Waals surface area contributed by atoms with Gasteiger partial charge >= 0.3 is 29.6 Å². The first kappa shape index (κ1) is 16.9. The van der Waals surface area contributed by atoms with E-state index in [0.717, 1.165) is 15.0 Å². The molecule has 0 aliphatic carbocycles. The van der Waals surface area contributed by atoms with Gasteiger partial charge in [-0.25, -0.2) is 4.98 Å². The van der Waals surface area contributed by atoms with Gasteiger partial charge in [-0.15, -0.1) is 0 Å². The molecule has 7 nitrogen and oxygen atoms in total. The fraction of sp³-hybridized carbons (Fsp3) is 0.0769. The minimum Gasteiger partial charge on any atom is -0.435 e. The van der Waals surface area contributed by atoms with Gasteiger partial charge < -0.3 is 14.7 Å². The summed E-state index contributed by atoms with van der Waals surface area (Å²) in [6, 6.07) is 6.86. The van der Waals surface area contributed by atoms with Crippen molar-refractivity contribution in [3.8, 4) is 11.3 Å². The van der Waals surface area contributed by atoms with Crippen molar-refractivity contribution in [1.82, 2.24) is 9.99 Å². The summed E-state index contributed by atoms with van der Waals surface area (Å²) in [5.74, 6) is 0.303. The van der Waals surface area contributed by atoms with Crippen molar-refractivity contribution < 1.29 is 43.6 Å². The number of benzene rings is 1. The van der Waals surface area contributed by atoms with Gasteiger partial charge in [-0.05, 0) is 12.1 Å². The van der Waals surface area contributed by atoms with Crippen LogP contribution in [-0.4, -0.2) is 34.7 Å². The second kappa shape index (κ2) is 7.19.